The lowest BCUT2D eigenvalue weighted by atomic mass is 10.1. The lowest BCUT2D eigenvalue weighted by Crippen LogP contribution is -2.36. The van der Waals surface area contributed by atoms with Gasteiger partial charge in [0.1, 0.15) is 6.54 Å². The number of aryl methyl sites for hydroxylation is 3. The Hall–Kier alpha value is -2.11. The first-order chi connectivity index (χ1) is 11.8. The van der Waals surface area contributed by atoms with Gasteiger partial charge in [-0.2, -0.15) is 10.2 Å². The first kappa shape index (κ1) is 17.7. The summed E-state index contributed by atoms with van der Waals surface area (Å²) in [5.41, 5.74) is 6.71. The molecule has 6 nitrogen and oxygen atoms in total. The van der Waals surface area contributed by atoms with Crippen LogP contribution in [0.25, 0.3) is 0 Å². The van der Waals surface area contributed by atoms with Crippen molar-refractivity contribution in [1.29, 1.82) is 0 Å². The third-order valence-corrected chi connectivity index (χ3v) is 5.47. The van der Waals surface area contributed by atoms with E-state index >= 15 is 0 Å². The van der Waals surface area contributed by atoms with E-state index in [1.165, 1.54) is 11.1 Å². The zero-order valence-corrected chi connectivity index (χ0v) is 16.3. The van der Waals surface area contributed by atoms with Gasteiger partial charge in [-0.1, -0.05) is 6.92 Å². The van der Waals surface area contributed by atoms with Gasteiger partial charge in [-0.3, -0.25) is 14.2 Å². The third-order valence-electron chi connectivity index (χ3n) is 5.47. The largest absolute Gasteiger partial charge is 0.334 e. The predicted octanol–water partition coefficient (Wildman–Crippen LogP) is 2.60. The van der Waals surface area contributed by atoms with Crippen LogP contribution in [-0.2, 0) is 31.4 Å². The highest BCUT2D eigenvalue weighted by atomic mass is 16.2. The Morgan fingerprint density at radius 1 is 1.08 bits per heavy atom. The molecule has 2 aromatic heterocycles. The van der Waals surface area contributed by atoms with E-state index in [4.69, 9.17) is 0 Å². The minimum Gasteiger partial charge on any atom is -0.334 e. The van der Waals surface area contributed by atoms with Gasteiger partial charge in [0.05, 0.1) is 11.4 Å². The molecule has 136 valence electrons. The van der Waals surface area contributed by atoms with E-state index in [1.54, 1.807) is 0 Å². The van der Waals surface area contributed by atoms with Gasteiger partial charge in [-0.25, -0.2) is 0 Å². The molecule has 1 amide bonds. The van der Waals surface area contributed by atoms with Crippen LogP contribution < -0.4 is 0 Å². The highest BCUT2D eigenvalue weighted by Crippen LogP contribution is 2.30. The topological polar surface area (TPSA) is 56.0 Å². The normalized spacial score (nSPS) is 14.2. The van der Waals surface area contributed by atoms with Crippen molar-refractivity contribution in [2.45, 2.75) is 73.0 Å². The van der Waals surface area contributed by atoms with Crippen molar-refractivity contribution < 1.29 is 4.79 Å². The Kier molecular flexibility index (Phi) is 4.71. The van der Waals surface area contributed by atoms with E-state index in [2.05, 4.69) is 31.0 Å². The maximum Gasteiger partial charge on any atom is 0.244 e. The van der Waals surface area contributed by atoms with E-state index in [0.29, 0.717) is 19.1 Å². The second-order valence-corrected chi connectivity index (χ2v) is 7.19. The summed E-state index contributed by atoms with van der Waals surface area (Å²) < 4.78 is 3.77. The minimum absolute atomic E-state index is 0.151. The van der Waals surface area contributed by atoms with Crippen LogP contribution in [0.15, 0.2) is 0 Å². The number of carbonyl (C=O) groups excluding carboxylic acids is 1. The molecular formula is C19H29N5O. The van der Waals surface area contributed by atoms with E-state index in [9.17, 15) is 4.79 Å². The van der Waals surface area contributed by atoms with Gasteiger partial charge in [-0.05, 0) is 52.5 Å². The molecule has 2 aromatic rings. The predicted molar refractivity (Wildman–Crippen MR) is 97.3 cm³/mol. The highest BCUT2D eigenvalue weighted by molar-refractivity contribution is 5.77. The van der Waals surface area contributed by atoms with Crippen molar-refractivity contribution in [3.8, 4) is 0 Å². The average molecular weight is 343 g/mol. The average Bonchev–Trinajstić information content (AvgIpc) is 3.30. The molecule has 6 heteroatoms. The number of aromatic nitrogens is 4. The van der Waals surface area contributed by atoms with E-state index in [0.717, 1.165) is 42.0 Å². The maximum absolute atomic E-state index is 13.0. The van der Waals surface area contributed by atoms with Gasteiger partial charge < -0.3 is 4.90 Å². The Bertz CT molecular complexity index is 797. The van der Waals surface area contributed by atoms with Gasteiger partial charge in [0, 0.05) is 36.6 Å². The Balaban J connectivity index is 1.80. The first-order valence-electron chi connectivity index (χ1n) is 9.14. The molecule has 1 aliphatic rings. The summed E-state index contributed by atoms with van der Waals surface area (Å²) in [6, 6.07) is 0.370. The SMILES string of the molecule is CCc1c(C)nn(CC(=O)N(Cc2c(C)nn(C)c2C)C2CC2)c1C. The molecule has 1 aliphatic carbocycles. The molecule has 1 saturated carbocycles. The Morgan fingerprint density at radius 2 is 1.72 bits per heavy atom. The number of nitrogens with zero attached hydrogens (tertiary/aromatic N) is 5. The Labute approximate surface area is 149 Å². The van der Waals surface area contributed by atoms with Gasteiger partial charge in [0.25, 0.3) is 0 Å². The zero-order chi connectivity index (χ0) is 18.3. The summed E-state index contributed by atoms with van der Waals surface area (Å²) in [5, 5.41) is 9.07. The molecule has 1 fully saturated rings. The van der Waals surface area contributed by atoms with Gasteiger partial charge in [0.2, 0.25) is 5.91 Å². The zero-order valence-electron chi connectivity index (χ0n) is 16.3. The monoisotopic (exact) mass is 343 g/mol. The van der Waals surface area contributed by atoms with Crippen LogP contribution >= 0.6 is 0 Å². The van der Waals surface area contributed by atoms with E-state index in [-0.39, 0.29) is 5.91 Å². The van der Waals surface area contributed by atoms with Crippen molar-refractivity contribution in [2.75, 3.05) is 0 Å². The smallest absolute Gasteiger partial charge is 0.244 e. The summed E-state index contributed by atoms with van der Waals surface area (Å²) in [7, 11) is 1.96. The highest BCUT2D eigenvalue weighted by Gasteiger charge is 2.34. The van der Waals surface area contributed by atoms with Crippen LogP contribution in [-0.4, -0.2) is 36.4 Å². The molecule has 0 bridgehead atoms. The summed E-state index contributed by atoms with van der Waals surface area (Å²) >= 11 is 0. The molecule has 0 unspecified atom stereocenters. The molecule has 3 rings (SSSR count). The molecular weight excluding hydrogens is 314 g/mol. The van der Waals surface area contributed by atoms with Crippen molar-refractivity contribution in [2.24, 2.45) is 7.05 Å². The second-order valence-electron chi connectivity index (χ2n) is 7.19. The Morgan fingerprint density at radius 3 is 2.20 bits per heavy atom. The molecule has 2 heterocycles. The molecule has 0 saturated heterocycles. The lowest BCUT2D eigenvalue weighted by Gasteiger charge is -2.23. The summed E-state index contributed by atoms with van der Waals surface area (Å²) in [6.07, 6.45) is 3.15. The minimum atomic E-state index is 0.151. The summed E-state index contributed by atoms with van der Waals surface area (Å²) in [4.78, 5) is 15.1. The molecule has 0 radical (unpaired) electrons. The quantitative estimate of drug-likeness (QED) is 0.810. The van der Waals surface area contributed by atoms with Crippen molar-refractivity contribution in [1.82, 2.24) is 24.5 Å². The lowest BCUT2D eigenvalue weighted by molar-refractivity contribution is -0.133. The number of hydrogen-bond acceptors (Lipinski definition) is 3. The van der Waals surface area contributed by atoms with Crippen molar-refractivity contribution >= 4 is 5.91 Å². The van der Waals surface area contributed by atoms with Crippen LogP contribution in [0.1, 0.15) is 53.7 Å². The number of amides is 1. The van der Waals surface area contributed by atoms with Crippen molar-refractivity contribution in [3.05, 3.63) is 33.9 Å². The van der Waals surface area contributed by atoms with Crippen LogP contribution in [0.5, 0.6) is 0 Å². The molecule has 0 spiro atoms. The third kappa shape index (κ3) is 3.34. The van der Waals surface area contributed by atoms with E-state index < -0.39 is 0 Å². The summed E-state index contributed by atoms with van der Waals surface area (Å²) in [6.45, 7) is 11.3. The van der Waals surface area contributed by atoms with Crippen LogP contribution in [0.3, 0.4) is 0 Å². The second kappa shape index (κ2) is 6.65. The summed E-state index contributed by atoms with van der Waals surface area (Å²) in [5.74, 6) is 0.151. The molecule has 0 atom stereocenters. The number of hydrogen-bond donors (Lipinski definition) is 0. The van der Waals surface area contributed by atoms with Gasteiger partial charge in [0.15, 0.2) is 0 Å². The molecule has 0 aliphatic heterocycles. The van der Waals surface area contributed by atoms with Gasteiger partial charge in [-0.15, -0.1) is 0 Å². The fourth-order valence-electron chi connectivity index (χ4n) is 3.64. The van der Waals surface area contributed by atoms with Crippen LogP contribution in [0, 0.1) is 27.7 Å². The molecule has 0 aromatic carbocycles. The number of carbonyl (C=O) groups is 1. The van der Waals surface area contributed by atoms with Gasteiger partial charge >= 0.3 is 0 Å². The maximum atomic E-state index is 13.0. The molecule has 0 N–H and O–H groups in total. The van der Waals surface area contributed by atoms with E-state index in [1.807, 2.05) is 35.2 Å². The fourth-order valence-corrected chi connectivity index (χ4v) is 3.64. The first-order valence-corrected chi connectivity index (χ1v) is 9.14. The standard InChI is InChI=1S/C19H29N5O/c1-7-17-12(2)21-24(15(17)5)11-19(25)23(16-8-9-16)10-18-13(3)20-22(6)14(18)4/h16H,7-11H2,1-6H3. The molecule has 25 heavy (non-hydrogen) atoms. The fraction of sp³-hybridized carbons (Fsp3) is 0.632. The van der Waals surface area contributed by atoms with Crippen LogP contribution in [0.4, 0.5) is 0 Å². The van der Waals surface area contributed by atoms with Crippen molar-refractivity contribution in [3.63, 3.8) is 0 Å². The number of rotatable bonds is 6. The van der Waals surface area contributed by atoms with Crippen LogP contribution in [0.2, 0.25) is 0 Å².